The van der Waals surface area contributed by atoms with Gasteiger partial charge in [-0.05, 0) is 41.7 Å². The van der Waals surface area contributed by atoms with Crippen LogP contribution in [-0.2, 0) is 24.2 Å². The summed E-state index contributed by atoms with van der Waals surface area (Å²) < 4.78 is 0.804. The van der Waals surface area contributed by atoms with Crippen LogP contribution in [0.4, 0.5) is 10.8 Å². The lowest BCUT2D eigenvalue weighted by Crippen LogP contribution is -2.37. The second kappa shape index (κ2) is 8.75. The summed E-state index contributed by atoms with van der Waals surface area (Å²) in [6.07, 6.45) is 1.95. The molecule has 0 radical (unpaired) electrons. The van der Waals surface area contributed by atoms with Gasteiger partial charge in [0, 0.05) is 18.8 Å². The first-order valence-corrected chi connectivity index (χ1v) is 11.2. The summed E-state index contributed by atoms with van der Waals surface area (Å²) in [5, 5.41) is 12.4. The number of nitrogens with zero attached hydrogens (tertiary/aromatic N) is 3. The molecule has 2 aromatic carbocycles. The molecule has 0 aliphatic carbocycles. The molecule has 1 aliphatic heterocycles. The van der Waals surface area contributed by atoms with Crippen molar-refractivity contribution in [2.45, 2.75) is 30.6 Å². The highest BCUT2D eigenvalue weighted by Crippen LogP contribution is 2.28. The molecule has 0 saturated heterocycles. The van der Waals surface area contributed by atoms with Gasteiger partial charge in [-0.2, -0.15) is 0 Å². The Morgan fingerprint density at radius 3 is 2.71 bits per heavy atom. The molecular weight excluding hydrogens is 388 g/mol. The van der Waals surface area contributed by atoms with Crippen molar-refractivity contribution in [1.29, 1.82) is 0 Å². The van der Waals surface area contributed by atoms with Crippen molar-refractivity contribution in [3.05, 3.63) is 65.2 Å². The summed E-state index contributed by atoms with van der Waals surface area (Å²) in [5.41, 5.74) is 4.90. The first-order valence-electron chi connectivity index (χ1n) is 9.38. The molecule has 0 unspecified atom stereocenters. The van der Waals surface area contributed by atoms with E-state index in [1.165, 1.54) is 39.8 Å². The molecule has 5 nitrogen and oxygen atoms in total. The molecule has 0 bridgehead atoms. The number of thioether (sulfide) groups is 1. The summed E-state index contributed by atoms with van der Waals surface area (Å²) >= 11 is 2.93. The van der Waals surface area contributed by atoms with Crippen LogP contribution >= 0.6 is 23.1 Å². The maximum absolute atomic E-state index is 12.6. The Kier molecular flexibility index (Phi) is 5.92. The highest BCUT2D eigenvalue weighted by atomic mass is 32.2. The highest BCUT2D eigenvalue weighted by Gasteiger charge is 2.20. The number of anilines is 2. The Bertz CT molecular complexity index is 955. The van der Waals surface area contributed by atoms with Gasteiger partial charge in [0.15, 0.2) is 4.34 Å². The zero-order valence-electron chi connectivity index (χ0n) is 15.7. The van der Waals surface area contributed by atoms with Crippen LogP contribution in [0.25, 0.3) is 0 Å². The number of fused-ring (bicyclic) bond motifs is 1. The molecule has 0 atom stereocenters. The normalized spacial score (nSPS) is 13.2. The standard InChI is InChI=1S/C21H22N4OS2/c1-2-15-7-9-18(10-8-15)22-20-23-24-21(28-20)27-14-19(26)25-12-11-16-5-3-4-6-17(16)13-25/h3-10H,2,11-14H2,1H3,(H,22,23). The number of aromatic nitrogens is 2. The topological polar surface area (TPSA) is 58.1 Å². The maximum Gasteiger partial charge on any atom is 0.233 e. The van der Waals surface area contributed by atoms with E-state index >= 15 is 0 Å². The molecule has 1 N–H and O–H groups in total. The van der Waals surface area contributed by atoms with Crippen molar-refractivity contribution in [1.82, 2.24) is 15.1 Å². The van der Waals surface area contributed by atoms with Gasteiger partial charge in [-0.1, -0.05) is 66.4 Å². The van der Waals surface area contributed by atoms with Crippen molar-refractivity contribution in [3.8, 4) is 0 Å². The number of nitrogens with one attached hydrogen (secondary N) is 1. The van der Waals surface area contributed by atoms with Crippen molar-refractivity contribution in [2.24, 2.45) is 0 Å². The lowest BCUT2D eigenvalue weighted by molar-refractivity contribution is -0.129. The average Bonchev–Trinajstić information content (AvgIpc) is 3.19. The number of amides is 1. The SMILES string of the molecule is CCc1ccc(Nc2nnc(SCC(=O)N3CCc4ccccc4C3)s2)cc1. The van der Waals surface area contributed by atoms with E-state index in [-0.39, 0.29) is 5.91 Å². The molecule has 1 aliphatic rings. The Hall–Kier alpha value is -2.38. The molecule has 3 aromatic rings. The molecule has 2 heterocycles. The van der Waals surface area contributed by atoms with Crippen molar-refractivity contribution >= 4 is 39.8 Å². The second-order valence-corrected chi connectivity index (χ2v) is 8.87. The van der Waals surface area contributed by atoms with Gasteiger partial charge in [0.1, 0.15) is 0 Å². The van der Waals surface area contributed by atoms with Gasteiger partial charge in [0.25, 0.3) is 0 Å². The van der Waals surface area contributed by atoms with Crippen LogP contribution < -0.4 is 5.32 Å². The van der Waals surface area contributed by atoms with Crippen LogP contribution in [0.1, 0.15) is 23.6 Å². The molecule has 4 rings (SSSR count). The predicted octanol–water partition coefficient (Wildman–Crippen LogP) is 4.52. The third-order valence-corrected chi connectivity index (χ3v) is 6.78. The van der Waals surface area contributed by atoms with E-state index in [1.54, 1.807) is 0 Å². The fourth-order valence-corrected chi connectivity index (χ4v) is 4.86. The lowest BCUT2D eigenvalue weighted by atomic mass is 10.00. The number of hydrogen-bond acceptors (Lipinski definition) is 6. The Labute approximate surface area is 173 Å². The third kappa shape index (κ3) is 4.54. The number of benzene rings is 2. The van der Waals surface area contributed by atoms with Gasteiger partial charge in [0.2, 0.25) is 11.0 Å². The summed E-state index contributed by atoms with van der Waals surface area (Å²) in [7, 11) is 0. The number of hydrogen-bond donors (Lipinski definition) is 1. The molecular formula is C21H22N4OS2. The van der Waals surface area contributed by atoms with E-state index in [9.17, 15) is 4.79 Å². The molecule has 0 spiro atoms. The third-order valence-electron chi connectivity index (χ3n) is 4.82. The molecule has 28 heavy (non-hydrogen) atoms. The van der Waals surface area contributed by atoms with Gasteiger partial charge in [0.05, 0.1) is 5.75 Å². The molecule has 0 saturated carbocycles. The van der Waals surface area contributed by atoms with E-state index < -0.39 is 0 Å². The maximum atomic E-state index is 12.6. The number of carbonyl (C=O) groups excluding carboxylic acids is 1. The zero-order chi connectivity index (χ0) is 19.3. The van der Waals surface area contributed by atoms with Crippen LogP contribution in [0, 0.1) is 0 Å². The molecule has 1 amide bonds. The van der Waals surface area contributed by atoms with E-state index in [1.807, 2.05) is 23.1 Å². The zero-order valence-corrected chi connectivity index (χ0v) is 17.4. The largest absolute Gasteiger partial charge is 0.337 e. The van der Waals surface area contributed by atoms with Gasteiger partial charge in [-0.3, -0.25) is 4.79 Å². The summed E-state index contributed by atoms with van der Waals surface area (Å²) in [5.74, 6) is 0.543. The first kappa shape index (κ1) is 19.0. The summed E-state index contributed by atoms with van der Waals surface area (Å²) in [6.45, 7) is 3.62. The second-order valence-electron chi connectivity index (χ2n) is 6.67. The van der Waals surface area contributed by atoms with Gasteiger partial charge < -0.3 is 10.2 Å². The number of rotatable bonds is 6. The fraction of sp³-hybridized carbons (Fsp3) is 0.286. The van der Waals surface area contributed by atoms with E-state index in [2.05, 4.69) is 52.8 Å². The van der Waals surface area contributed by atoms with Crippen LogP contribution in [0.5, 0.6) is 0 Å². The van der Waals surface area contributed by atoms with Crippen molar-refractivity contribution in [3.63, 3.8) is 0 Å². The summed E-state index contributed by atoms with van der Waals surface area (Å²) in [6, 6.07) is 16.7. The quantitative estimate of drug-likeness (QED) is 0.606. The number of carbonyl (C=O) groups is 1. The van der Waals surface area contributed by atoms with Crippen LogP contribution in [-0.4, -0.2) is 33.3 Å². The minimum absolute atomic E-state index is 0.152. The van der Waals surface area contributed by atoms with Crippen molar-refractivity contribution < 1.29 is 4.79 Å². The van der Waals surface area contributed by atoms with Crippen LogP contribution in [0.2, 0.25) is 0 Å². The molecule has 7 heteroatoms. The molecule has 0 fully saturated rings. The van der Waals surface area contributed by atoms with Crippen LogP contribution in [0.3, 0.4) is 0 Å². The smallest absolute Gasteiger partial charge is 0.233 e. The average molecular weight is 411 g/mol. The minimum atomic E-state index is 0.152. The van der Waals surface area contributed by atoms with Gasteiger partial charge >= 0.3 is 0 Å². The summed E-state index contributed by atoms with van der Waals surface area (Å²) in [4.78, 5) is 14.5. The number of aryl methyl sites for hydroxylation is 1. The van der Waals surface area contributed by atoms with Gasteiger partial charge in [-0.25, -0.2) is 0 Å². The van der Waals surface area contributed by atoms with Crippen molar-refractivity contribution in [2.75, 3.05) is 17.6 Å². The van der Waals surface area contributed by atoms with Gasteiger partial charge in [-0.15, -0.1) is 10.2 Å². The fourth-order valence-electron chi connectivity index (χ4n) is 3.19. The van der Waals surface area contributed by atoms with E-state index in [0.717, 1.165) is 34.5 Å². The first-order chi connectivity index (χ1) is 13.7. The Morgan fingerprint density at radius 1 is 1.14 bits per heavy atom. The molecule has 1 aromatic heterocycles. The Balaban J connectivity index is 1.30. The highest BCUT2D eigenvalue weighted by molar-refractivity contribution is 8.01. The Morgan fingerprint density at radius 2 is 1.93 bits per heavy atom. The monoisotopic (exact) mass is 410 g/mol. The predicted molar refractivity (Wildman–Crippen MR) is 115 cm³/mol. The van der Waals surface area contributed by atoms with Crippen LogP contribution in [0.15, 0.2) is 52.9 Å². The molecule has 144 valence electrons. The van der Waals surface area contributed by atoms with E-state index in [4.69, 9.17) is 0 Å². The minimum Gasteiger partial charge on any atom is -0.337 e. The van der Waals surface area contributed by atoms with E-state index in [0.29, 0.717) is 12.3 Å². The lowest BCUT2D eigenvalue weighted by Gasteiger charge is -2.28.